The fraction of sp³-hybridized carbons (Fsp3) is 0.652. The summed E-state index contributed by atoms with van der Waals surface area (Å²) in [7, 11) is 0. The molecule has 0 bridgehead atoms. The van der Waals surface area contributed by atoms with Crippen LogP contribution in [0, 0.1) is 23.6 Å². The molecule has 2 aliphatic rings. The third-order valence-electron chi connectivity index (χ3n) is 6.84. The summed E-state index contributed by atoms with van der Waals surface area (Å²) in [5, 5.41) is -0.179. The van der Waals surface area contributed by atoms with Gasteiger partial charge >= 0.3 is 6.61 Å². The number of hydrogen-bond donors (Lipinski definition) is 0. The Labute approximate surface area is 171 Å². The zero-order valence-corrected chi connectivity index (χ0v) is 17.1. The van der Waals surface area contributed by atoms with Gasteiger partial charge in [0, 0.05) is 5.56 Å². The topological polar surface area (TPSA) is 9.23 Å². The third-order valence-corrected chi connectivity index (χ3v) is 7.13. The van der Waals surface area contributed by atoms with Gasteiger partial charge in [-0.25, -0.2) is 4.39 Å². The van der Waals surface area contributed by atoms with Crippen molar-refractivity contribution in [2.45, 2.75) is 76.7 Å². The zero-order valence-electron chi connectivity index (χ0n) is 16.3. The monoisotopic (exact) mass is 414 g/mol. The predicted molar refractivity (Wildman–Crippen MR) is 108 cm³/mol. The number of halogens is 4. The van der Waals surface area contributed by atoms with Gasteiger partial charge in [-0.2, -0.15) is 8.78 Å². The van der Waals surface area contributed by atoms with Crippen LogP contribution in [0.3, 0.4) is 0 Å². The van der Waals surface area contributed by atoms with Crippen molar-refractivity contribution in [2.24, 2.45) is 17.8 Å². The van der Waals surface area contributed by atoms with Crippen molar-refractivity contribution in [3.63, 3.8) is 0 Å². The minimum Gasteiger partial charge on any atom is -0.431 e. The lowest BCUT2D eigenvalue weighted by Crippen LogP contribution is -2.25. The molecule has 1 nitrogen and oxygen atoms in total. The van der Waals surface area contributed by atoms with E-state index in [2.05, 4.69) is 11.3 Å². The molecule has 0 aliphatic heterocycles. The van der Waals surface area contributed by atoms with Crippen LogP contribution in [0.1, 0.15) is 75.7 Å². The van der Waals surface area contributed by atoms with Crippen molar-refractivity contribution in [1.29, 1.82) is 0 Å². The Morgan fingerprint density at radius 2 is 1.64 bits per heavy atom. The molecule has 0 heterocycles. The van der Waals surface area contributed by atoms with Crippen molar-refractivity contribution >= 4 is 11.6 Å². The smallest absolute Gasteiger partial charge is 0.387 e. The van der Waals surface area contributed by atoms with Crippen molar-refractivity contribution in [2.75, 3.05) is 0 Å². The molecule has 0 amide bonds. The number of alkyl halides is 2. The summed E-state index contributed by atoms with van der Waals surface area (Å²) >= 11 is 5.77. The maximum absolute atomic E-state index is 14.3. The average molecular weight is 415 g/mol. The summed E-state index contributed by atoms with van der Waals surface area (Å²) < 4.78 is 44.3. The lowest BCUT2D eigenvalue weighted by Gasteiger charge is -2.38. The van der Waals surface area contributed by atoms with Gasteiger partial charge in [0.15, 0.2) is 11.6 Å². The van der Waals surface area contributed by atoms with Crippen LogP contribution in [0.25, 0.3) is 0 Å². The standard InChI is InChI=1S/C23H30ClF3O/c1-2-3-4-15-5-7-16(8-6-15)17-9-11-18(12-10-17)19-13-14-20(24)21(25)22(19)28-23(26)27/h2,13-18,23H,1,3-12H2. The van der Waals surface area contributed by atoms with E-state index in [1.54, 1.807) is 6.07 Å². The second-order valence-corrected chi connectivity index (χ2v) is 8.82. The minimum atomic E-state index is -3.06. The fourth-order valence-corrected chi connectivity index (χ4v) is 5.43. The van der Waals surface area contributed by atoms with E-state index in [0.717, 1.165) is 43.9 Å². The number of ether oxygens (including phenoxy) is 1. The third kappa shape index (κ3) is 5.25. The first-order chi connectivity index (χ1) is 13.5. The van der Waals surface area contributed by atoms with Crippen molar-refractivity contribution in [3.05, 3.63) is 41.2 Å². The maximum atomic E-state index is 14.3. The van der Waals surface area contributed by atoms with Crippen LogP contribution in [0.2, 0.25) is 5.02 Å². The van der Waals surface area contributed by atoms with Crippen LogP contribution < -0.4 is 4.74 Å². The number of allylic oxidation sites excluding steroid dienone is 1. The van der Waals surface area contributed by atoms with E-state index in [1.807, 2.05) is 6.08 Å². The van der Waals surface area contributed by atoms with Crippen LogP contribution >= 0.6 is 11.6 Å². The van der Waals surface area contributed by atoms with E-state index < -0.39 is 12.4 Å². The lowest BCUT2D eigenvalue weighted by atomic mass is 9.68. The van der Waals surface area contributed by atoms with Crippen molar-refractivity contribution in [3.8, 4) is 5.75 Å². The molecule has 1 aromatic rings. The summed E-state index contributed by atoms with van der Waals surface area (Å²) in [6.07, 6.45) is 13.5. The van der Waals surface area contributed by atoms with Crippen molar-refractivity contribution < 1.29 is 17.9 Å². The average Bonchev–Trinajstić information content (AvgIpc) is 2.70. The zero-order chi connectivity index (χ0) is 20.1. The largest absolute Gasteiger partial charge is 0.431 e. The molecule has 0 saturated heterocycles. The molecule has 1 aromatic carbocycles. The summed E-state index contributed by atoms with van der Waals surface area (Å²) in [5.41, 5.74) is 0.536. The van der Waals surface area contributed by atoms with Crippen LogP contribution in [0.15, 0.2) is 24.8 Å². The summed E-state index contributed by atoms with van der Waals surface area (Å²) in [6.45, 7) is 0.760. The second kappa shape index (κ2) is 10.0. The highest BCUT2D eigenvalue weighted by Gasteiger charge is 2.33. The highest BCUT2D eigenvalue weighted by atomic mass is 35.5. The lowest BCUT2D eigenvalue weighted by molar-refractivity contribution is -0.0531. The summed E-state index contributed by atoms with van der Waals surface area (Å²) in [6, 6.07) is 3.10. The predicted octanol–water partition coefficient (Wildman–Crippen LogP) is 8.13. The summed E-state index contributed by atoms with van der Waals surface area (Å²) in [5.74, 6) is 1.14. The van der Waals surface area contributed by atoms with Gasteiger partial charge in [-0.3, -0.25) is 0 Å². The molecule has 0 aromatic heterocycles. The van der Waals surface area contributed by atoms with E-state index in [0.29, 0.717) is 11.5 Å². The Bertz CT molecular complexity index is 647. The molecule has 2 aliphatic carbocycles. The number of hydrogen-bond acceptors (Lipinski definition) is 1. The van der Waals surface area contributed by atoms with Gasteiger partial charge in [0.05, 0.1) is 5.02 Å². The van der Waals surface area contributed by atoms with Crippen LogP contribution in [0.4, 0.5) is 13.2 Å². The van der Waals surface area contributed by atoms with Crippen LogP contribution in [-0.4, -0.2) is 6.61 Å². The Morgan fingerprint density at radius 3 is 2.21 bits per heavy atom. The molecule has 0 atom stereocenters. The molecule has 3 rings (SSSR count). The van der Waals surface area contributed by atoms with E-state index >= 15 is 0 Å². The molecule has 0 N–H and O–H groups in total. The molecular formula is C23H30ClF3O. The highest BCUT2D eigenvalue weighted by Crippen LogP contribution is 2.47. The van der Waals surface area contributed by atoms with Crippen LogP contribution in [-0.2, 0) is 0 Å². The van der Waals surface area contributed by atoms with Crippen molar-refractivity contribution in [1.82, 2.24) is 0 Å². The number of benzene rings is 1. The number of rotatable bonds is 7. The molecule has 2 saturated carbocycles. The normalized spacial score (nSPS) is 28.3. The van der Waals surface area contributed by atoms with Gasteiger partial charge in [0.2, 0.25) is 0 Å². The summed E-state index contributed by atoms with van der Waals surface area (Å²) in [4.78, 5) is 0. The molecular weight excluding hydrogens is 385 g/mol. The molecule has 156 valence electrons. The highest BCUT2D eigenvalue weighted by molar-refractivity contribution is 6.30. The van der Waals surface area contributed by atoms with E-state index in [9.17, 15) is 13.2 Å². The molecule has 28 heavy (non-hydrogen) atoms. The van der Waals surface area contributed by atoms with Gasteiger partial charge in [0.1, 0.15) is 0 Å². The quantitative estimate of drug-likeness (QED) is 0.409. The van der Waals surface area contributed by atoms with Gasteiger partial charge in [-0.1, -0.05) is 36.6 Å². The Morgan fingerprint density at radius 1 is 1.04 bits per heavy atom. The van der Waals surface area contributed by atoms with E-state index in [-0.39, 0.29) is 16.7 Å². The Balaban J connectivity index is 1.57. The molecule has 0 unspecified atom stereocenters. The van der Waals surface area contributed by atoms with Crippen LogP contribution in [0.5, 0.6) is 5.75 Å². The van der Waals surface area contributed by atoms with Gasteiger partial charge in [0.25, 0.3) is 0 Å². The van der Waals surface area contributed by atoms with E-state index in [1.165, 1.54) is 38.2 Å². The fourth-order valence-electron chi connectivity index (χ4n) is 5.28. The first kappa shape index (κ1) is 21.5. The van der Waals surface area contributed by atoms with Gasteiger partial charge in [-0.15, -0.1) is 6.58 Å². The first-order valence-electron chi connectivity index (χ1n) is 10.5. The molecule has 0 radical (unpaired) electrons. The van der Waals surface area contributed by atoms with Gasteiger partial charge in [-0.05, 0) is 81.1 Å². The molecule has 5 heteroatoms. The first-order valence-corrected chi connectivity index (χ1v) is 10.9. The second-order valence-electron chi connectivity index (χ2n) is 8.42. The maximum Gasteiger partial charge on any atom is 0.387 e. The van der Waals surface area contributed by atoms with Gasteiger partial charge < -0.3 is 4.74 Å². The SMILES string of the molecule is C=CCCC1CCC(C2CCC(c3ccc(Cl)c(F)c3OC(F)F)CC2)CC1. The molecule has 0 spiro atoms. The molecule has 2 fully saturated rings. The Hall–Kier alpha value is -1.16. The van der Waals surface area contributed by atoms with E-state index in [4.69, 9.17) is 11.6 Å². The Kier molecular flexibility index (Phi) is 7.73. The minimum absolute atomic E-state index is 0.0562.